The molecule has 3 nitrogen and oxygen atoms in total. The van der Waals surface area contributed by atoms with Gasteiger partial charge in [0.05, 0.1) is 5.52 Å². The molecule has 3 unspecified atom stereocenters. The molecule has 2 aliphatic rings. The van der Waals surface area contributed by atoms with Gasteiger partial charge in [-0.3, -0.25) is 9.88 Å². The van der Waals surface area contributed by atoms with Gasteiger partial charge in [-0.25, -0.2) is 0 Å². The summed E-state index contributed by atoms with van der Waals surface area (Å²) in [7, 11) is 0. The smallest absolute Gasteiger partial charge is 0.0708 e. The topological polar surface area (TPSA) is 42.1 Å². The first-order valence-electron chi connectivity index (χ1n) is 8.54. The van der Waals surface area contributed by atoms with Crippen molar-refractivity contribution in [3.8, 4) is 0 Å². The number of fused-ring (bicyclic) bond motifs is 2. The molecule has 1 aliphatic carbocycles. The summed E-state index contributed by atoms with van der Waals surface area (Å²) in [5.74, 6) is 1.53. The van der Waals surface area contributed by atoms with Gasteiger partial charge in [-0.1, -0.05) is 24.6 Å². The summed E-state index contributed by atoms with van der Waals surface area (Å²) in [6.45, 7) is 5.51. The van der Waals surface area contributed by atoms with Crippen LogP contribution in [0.15, 0.2) is 30.3 Å². The fraction of sp³-hybridized carbons (Fsp3) is 0.526. The first kappa shape index (κ1) is 14.2. The van der Waals surface area contributed by atoms with Crippen molar-refractivity contribution < 1.29 is 0 Å². The zero-order chi connectivity index (χ0) is 15.1. The number of aromatic nitrogens is 1. The Morgan fingerprint density at radius 3 is 2.95 bits per heavy atom. The minimum absolute atomic E-state index is 0.416. The van der Waals surface area contributed by atoms with E-state index in [-0.39, 0.29) is 0 Å². The van der Waals surface area contributed by atoms with Crippen LogP contribution in [0.3, 0.4) is 0 Å². The Hall–Kier alpha value is -1.45. The number of likely N-dealkylation sites (tertiary alicyclic amines) is 1. The number of rotatable bonds is 2. The Bertz CT molecular complexity index is 681. The van der Waals surface area contributed by atoms with Gasteiger partial charge in [-0.2, -0.15) is 0 Å². The van der Waals surface area contributed by atoms with Gasteiger partial charge in [0.25, 0.3) is 0 Å². The third-order valence-corrected chi connectivity index (χ3v) is 5.55. The van der Waals surface area contributed by atoms with Gasteiger partial charge in [0, 0.05) is 36.8 Å². The summed E-state index contributed by atoms with van der Waals surface area (Å²) in [5.41, 5.74) is 10.00. The van der Waals surface area contributed by atoms with Gasteiger partial charge in [0.2, 0.25) is 0 Å². The highest BCUT2D eigenvalue weighted by Gasteiger charge is 2.38. The van der Waals surface area contributed by atoms with Crippen LogP contribution in [0, 0.1) is 18.8 Å². The van der Waals surface area contributed by atoms with E-state index < -0.39 is 0 Å². The molecule has 2 fully saturated rings. The second-order valence-electron chi connectivity index (χ2n) is 7.15. The molecular formula is C19H25N3. The van der Waals surface area contributed by atoms with E-state index in [1.807, 2.05) is 0 Å². The Morgan fingerprint density at radius 1 is 1.23 bits per heavy atom. The molecule has 2 aromatic rings. The Morgan fingerprint density at radius 2 is 2.09 bits per heavy atom. The first-order valence-corrected chi connectivity index (χ1v) is 8.54. The van der Waals surface area contributed by atoms with E-state index in [2.05, 4.69) is 47.1 Å². The molecule has 1 aliphatic heterocycles. The molecule has 22 heavy (non-hydrogen) atoms. The molecule has 1 saturated heterocycles. The zero-order valence-electron chi connectivity index (χ0n) is 13.3. The highest BCUT2D eigenvalue weighted by molar-refractivity contribution is 5.82. The molecule has 116 valence electrons. The molecule has 1 saturated carbocycles. The first-order chi connectivity index (χ1) is 10.7. The van der Waals surface area contributed by atoms with Crippen LogP contribution in [0.5, 0.6) is 0 Å². The average Bonchev–Trinajstić information content (AvgIpc) is 2.91. The summed E-state index contributed by atoms with van der Waals surface area (Å²) >= 11 is 0. The van der Waals surface area contributed by atoms with Gasteiger partial charge in [0.1, 0.15) is 0 Å². The van der Waals surface area contributed by atoms with E-state index in [1.54, 1.807) is 0 Å². The zero-order valence-corrected chi connectivity index (χ0v) is 13.3. The molecule has 2 N–H and O–H groups in total. The molecule has 0 spiro atoms. The number of hydrogen-bond donors (Lipinski definition) is 1. The van der Waals surface area contributed by atoms with Crippen molar-refractivity contribution >= 4 is 10.9 Å². The van der Waals surface area contributed by atoms with Crippen LogP contribution in [0.4, 0.5) is 0 Å². The van der Waals surface area contributed by atoms with Gasteiger partial charge >= 0.3 is 0 Å². The molecule has 1 aromatic heterocycles. The maximum Gasteiger partial charge on any atom is 0.0708 e. The molecule has 3 atom stereocenters. The number of aryl methyl sites for hydroxylation is 1. The molecule has 3 heteroatoms. The molecule has 1 aromatic carbocycles. The Kier molecular flexibility index (Phi) is 3.63. The predicted molar refractivity (Wildman–Crippen MR) is 90.6 cm³/mol. The van der Waals surface area contributed by atoms with Crippen LogP contribution < -0.4 is 5.73 Å². The SMILES string of the molecule is Cc1cc(CN2CC3CCCC(N)C3C2)c2ccccc2n1. The summed E-state index contributed by atoms with van der Waals surface area (Å²) in [6.07, 6.45) is 3.89. The van der Waals surface area contributed by atoms with Gasteiger partial charge < -0.3 is 5.73 Å². The van der Waals surface area contributed by atoms with Gasteiger partial charge in [-0.15, -0.1) is 0 Å². The monoisotopic (exact) mass is 295 g/mol. The van der Waals surface area contributed by atoms with Crippen molar-refractivity contribution in [2.75, 3.05) is 13.1 Å². The lowest BCUT2D eigenvalue weighted by molar-refractivity contribution is 0.259. The molecular weight excluding hydrogens is 270 g/mol. The molecule has 2 heterocycles. The number of hydrogen-bond acceptors (Lipinski definition) is 3. The lowest BCUT2D eigenvalue weighted by Crippen LogP contribution is -2.38. The van der Waals surface area contributed by atoms with Crippen molar-refractivity contribution in [2.45, 2.75) is 38.8 Å². The second kappa shape index (κ2) is 5.64. The highest BCUT2D eigenvalue weighted by Crippen LogP contribution is 2.36. The third kappa shape index (κ3) is 2.53. The summed E-state index contributed by atoms with van der Waals surface area (Å²) < 4.78 is 0. The van der Waals surface area contributed by atoms with Gasteiger partial charge in [-0.05, 0) is 49.3 Å². The van der Waals surface area contributed by atoms with E-state index >= 15 is 0 Å². The highest BCUT2D eigenvalue weighted by atomic mass is 15.2. The summed E-state index contributed by atoms with van der Waals surface area (Å²) in [5, 5.41) is 1.30. The molecule has 4 rings (SSSR count). The minimum Gasteiger partial charge on any atom is -0.327 e. The van der Waals surface area contributed by atoms with E-state index in [9.17, 15) is 0 Å². The van der Waals surface area contributed by atoms with Gasteiger partial charge in [0.15, 0.2) is 0 Å². The molecule has 0 bridgehead atoms. The number of benzene rings is 1. The Labute approximate surface area is 132 Å². The fourth-order valence-corrected chi connectivity index (χ4v) is 4.50. The van der Waals surface area contributed by atoms with Crippen molar-refractivity contribution in [1.82, 2.24) is 9.88 Å². The average molecular weight is 295 g/mol. The molecule has 0 radical (unpaired) electrons. The lowest BCUT2D eigenvalue weighted by atomic mass is 9.78. The van der Waals surface area contributed by atoms with Crippen LogP contribution in [-0.4, -0.2) is 29.0 Å². The number of nitrogens with two attached hydrogens (primary N) is 1. The molecule has 0 amide bonds. The Balaban J connectivity index is 1.59. The third-order valence-electron chi connectivity index (χ3n) is 5.55. The lowest BCUT2D eigenvalue weighted by Gasteiger charge is -2.29. The van der Waals surface area contributed by atoms with E-state index in [0.717, 1.165) is 23.7 Å². The number of pyridine rings is 1. The maximum atomic E-state index is 6.35. The standard InChI is InChI=1S/C19H25N3/c1-13-9-15(16-6-2-3-8-19(16)21-13)11-22-10-14-5-4-7-18(20)17(14)12-22/h2-3,6,8-9,14,17-18H,4-5,7,10-12,20H2,1H3. The summed E-state index contributed by atoms with van der Waals surface area (Å²) in [4.78, 5) is 7.27. The minimum atomic E-state index is 0.416. The van der Waals surface area contributed by atoms with Crippen LogP contribution in [0.25, 0.3) is 10.9 Å². The van der Waals surface area contributed by atoms with Crippen molar-refractivity contribution in [1.29, 1.82) is 0 Å². The normalized spacial score (nSPS) is 28.9. The van der Waals surface area contributed by atoms with Crippen LogP contribution >= 0.6 is 0 Å². The van der Waals surface area contributed by atoms with E-state index in [1.165, 1.54) is 43.3 Å². The number of para-hydroxylation sites is 1. The van der Waals surface area contributed by atoms with Crippen molar-refractivity contribution in [3.63, 3.8) is 0 Å². The van der Waals surface area contributed by atoms with Crippen LogP contribution in [0.1, 0.15) is 30.5 Å². The number of nitrogens with zero attached hydrogens (tertiary/aromatic N) is 2. The van der Waals surface area contributed by atoms with Crippen LogP contribution in [-0.2, 0) is 6.54 Å². The quantitative estimate of drug-likeness (QED) is 0.925. The van der Waals surface area contributed by atoms with E-state index in [0.29, 0.717) is 12.0 Å². The van der Waals surface area contributed by atoms with Crippen molar-refractivity contribution in [2.24, 2.45) is 17.6 Å². The summed E-state index contributed by atoms with van der Waals surface area (Å²) in [6, 6.07) is 11.2. The van der Waals surface area contributed by atoms with Crippen LogP contribution in [0.2, 0.25) is 0 Å². The second-order valence-corrected chi connectivity index (χ2v) is 7.15. The van der Waals surface area contributed by atoms with Crippen molar-refractivity contribution in [3.05, 3.63) is 41.6 Å². The predicted octanol–water partition coefficient (Wildman–Crippen LogP) is 3.10. The largest absolute Gasteiger partial charge is 0.327 e. The van der Waals surface area contributed by atoms with E-state index in [4.69, 9.17) is 5.73 Å². The maximum absolute atomic E-state index is 6.35. The fourth-order valence-electron chi connectivity index (χ4n) is 4.50.